The number of rotatable bonds is 15. The molecule has 0 aliphatic carbocycles. The molecule has 0 saturated heterocycles. The fraction of sp³-hybridized carbons (Fsp3) is 0.595. The van der Waals surface area contributed by atoms with Crippen molar-refractivity contribution in [3.63, 3.8) is 0 Å². The van der Waals surface area contributed by atoms with Crippen molar-refractivity contribution in [1.82, 2.24) is 4.98 Å². The molecule has 0 aliphatic heterocycles. The van der Waals surface area contributed by atoms with Crippen LogP contribution in [0.4, 0.5) is 0 Å². The van der Waals surface area contributed by atoms with Gasteiger partial charge in [0, 0.05) is 17.7 Å². The highest BCUT2D eigenvalue weighted by molar-refractivity contribution is 8.76. The first-order valence-electron chi connectivity index (χ1n) is 17.9. The molecule has 318 valence electrons. The fourth-order valence-corrected chi connectivity index (χ4v) is 5.19. The van der Waals surface area contributed by atoms with Crippen molar-refractivity contribution in [3.05, 3.63) is 59.8 Å². The zero-order valence-corrected chi connectivity index (χ0v) is 39.5. The van der Waals surface area contributed by atoms with Gasteiger partial charge in [-0.2, -0.15) is 0 Å². The molecule has 0 bridgehead atoms. The van der Waals surface area contributed by atoms with Gasteiger partial charge < -0.3 is 33.2 Å². The highest BCUT2D eigenvalue weighted by atomic mass is 33.1. The van der Waals surface area contributed by atoms with Crippen LogP contribution in [0.5, 0.6) is 0 Å². The highest BCUT2D eigenvalue weighted by Gasteiger charge is 2.10. The number of benzene rings is 1. The van der Waals surface area contributed by atoms with Crippen LogP contribution >= 0.6 is 43.2 Å². The molecule has 1 heterocycles. The van der Waals surface area contributed by atoms with E-state index in [9.17, 15) is 9.59 Å². The number of nitrogens with zero attached hydrogens (tertiary/aromatic N) is 1. The topological polar surface area (TPSA) is 112 Å². The number of ether oxygens (including phenoxy) is 7. The number of pyridine rings is 1. The summed E-state index contributed by atoms with van der Waals surface area (Å²) in [5, 5.41) is 1.03. The summed E-state index contributed by atoms with van der Waals surface area (Å²) >= 11 is 0. The van der Waals surface area contributed by atoms with Crippen molar-refractivity contribution >= 4 is 55.1 Å². The zero-order valence-electron chi connectivity index (χ0n) is 36.2. The molecule has 1 aromatic carbocycles. The molecule has 0 unspecified atom stereocenters. The third-order valence-electron chi connectivity index (χ3n) is 5.31. The van der Waals surface area contributed by atoms with Gasteiger partial charge >= 0.3 is 11.9 Å². The predicted octanol–water partition coefficient (Wildman–Crippen LogP) is 10.1. The van der Waals surface area contributed by atoms with Crippen molar-refractivity contribution in [3.8, 4) is 24.2 Å². The van der Waals surface area contributed by atoms with Gasteiger partial charge in [-0.3, -0.25) is 0 Å². The van der Waals surface area contributed by atoms with E-state index in [1.54, 1.807) is 49.4 Å². The molecule has 2 aromatic rings. The van der Waals surface area contributed by atoms with Gasteiger partial charge in [0.25, 0.3) is 0 Å². The molecule has 0 aliphatic rings. The molecular formula is C42H67NO9S4. The average Bonchev–Trinajstić information content (AvgIpc) is 3.14. The first-order valence-corrected chi connectivity index (χ1v) is 22.9. The van der Waals surface area contributed by atoms with E-state index >= 15 is 0 Å². The fourth-order valence-electron chi connectivity index (χ4n) is 2.55. The Morgan fingerprint density at radius 2 is 1.36 bits per heavy atom. The van der Waals surface area contributed by atoms with E-state index in [-0.39, 0.29) is 42.6 Å². The van der Waals surface area contributed by atoms with Crippen LogP contribution in [0, 0.1) is 24.2 Å². The van der Waals surface area contributed by atoms with Gasteiger partial charge in [0.05, 0.1) is 50.3 Å². The molecule has 0 amide bonds. The largest absolute Gasteiger partial charge is 0.467 e. The summed E-state index contributed by atoms with van der Waals surface area (Å²) < 4.78 is 35.0. The Labute approximate surface area is 354 Å². The molecule has 10 nitrogen and oxygen atoms in total. The van der Waals surface area contributed by atoms with Gasteiger partial charge in [-0.05, 0) is 130 Å². The van der Waals surface area contributed by atoms with E-state index in [4.69, 9.17) is 30.1 Å². The van der Waals surface area contributed by atoms with Crippen molar-refractivity contribution in [1.29, 1.82) is 0 Å². The first-order chi connectivity index (χ1) is 26.2. The lowest BCUT2D eigenvalue weighted by Crippen LogP contribution is -2.18. The third-order valence-corrected chi connectivity index (χ3v) is 8.67. The van der Waals surface area contributed by atoms with Gasteiger partial charge in [-0.15, -0.1) is 6.42 Å². The Morgan fingerprint density at radius 1 is 0.768 bits per heavy atom. The number of hydrogen-bond acceptors (Lipinski definition) is 14. The normalized spacial score (nSPS) is 10.4. The van der Waals surface area contributed by atoms with Gasteiger partial charge in [-0.25, -0.2) is 14.6 Å². The van der Waals surface area contributed by atoms with Gasteiger partial charge in [0.15, 0.2) is 0 Å². The minimum absolute atomic E-state index is 0.0166. The number of methoxy groups -OCH3 is 2. The lowest BCUT2D eigenvalue weighted by Gasteiger charge is -2.19. The summed E-state index contributed by atoms with van der Waals surface area (Å²) in [5.41, 5.74) is 1.98. The van der Waals surface area contributed by atoms with E-state index < -0.39 is 5.97 Å². The van der Waals surface area contributed by atoms with Crippen LogP contribution in [-0.4, -0.2) is 92.0 Å². The predicted molar refractivity (Wildman–Crippen MR) is 238 cm³/mol. The molecule has 0 atom stereocenters. The molecule has 0 fully saturated rings. The molecule has 0 spiro atoms. The summed E-state index contributed by atoms with van der Waals surface area (Å²) in [4.78, 5) is 25.0. The maximum absolute atomic E-state index is 10.4. The second-order valence-electron chi connectivity index (χ2n) is 13.7. The van der Waals surface area contributed by atoms with Gasteiger partial charge in [-0.1, -0.05) is 62.4 Å². The van der Waals surface area contributed by atoms with E-state index in [0.717, 1.165) is 22.1 Å². The number of terminal acetylenes is 1. The Hall–Kier alpha value is -2.37. The maximum atomic E-state index is 10.4. The van der Waals surface area contributed by atoms with Crippen LogP contribution < -0.4 is 0 Å². The zero-order chi connectivity index (χ0) is 43.4. The first kappa shape index (κ1) is 58.0. The SMILES string of the molecule is C#Cc1ccc(COC(C)(C)C)cc1.CC(C)OCSSc1ccccn1.COC(=O)C#CCOC(C)C.COC(=O)COC(C)C.CSSCOC(C)(C)C. The number of carbonyl (C=O) groups is 2. The number of esters is 2. The van der Waals surface area contributed by atoms with Crippen LogP contribution in [0.3, 0.4) is 0 Å². The second kappa shape index (κ2) is 36.9. The highest BCUT2D eigenvalue weighted by Crippen LogP contribution is 2.29. The molecule has 0 radical (unpaired) electrons. The third kappa shape index (κ3) is 47.8. The van der Waals surface area contributed by atoms with Crippen molar-refractivity contribution < 1.29 is 42.7 Å². The van der Waals surface area contributed by atoms with Crippen LogP contribution in [0.1, 0.15) is 94.2 Å². The Morgan fingerprint density at radius 3 is 1.80 bits per heavy atom. The summed E-state index contributed by atoms with van der Waals surface area (Å²) in [7, 11) is 9.40. The second-order valence-corrected chi connectivity index (χ2v) is 18.5. The molecule has 0 N–H and O–H groups in total. The summed E-state index contributed by atoms with van der Waals surface area (Å²) in [6.45, 7) is 24.9. The van der Waals surface area contributed by atoms with E-state index in [0.29, 0.717) is 18.6 Å². The molecule has 14 heteroatoms. The number of aromatic nitrogens is 1. The van der Waals surface area contributed by atoms with E-state index in [1.165, 1.54) is 14.2 Å². The summed E-state index contributed by atoms with van der Waals surface area (Å²) in [5.74, 6) is 7.99. The molecular weight excluding hydrogens is 791 g/mol. The molecule has 0 saturated carbocycles. The minimum Gasteiger partial charge on any atom is -0.467 e. The molecule has 2 rings (SSSR count). The van der Waals surface area contributed by atoms with Crippen LogP contribution in [0.15, 0.2) is 53.7 Å². The lowest BCUT2D eigenvalue weighted by molar-refractivity contribution is -0.147. The van der Waals surface area contributed by atoms with E-state index in [2.05, 4.69) is 59.2 Å². The lowest BCUT2D eigenvalue weighted by atomic mass is 10.1. The van der Waals surface area contributed by atoms with Crippen molar-refractivity contribution in [2.24, 2.45) is 0 Å². The standard InChI is InChI=1S/C13H16O.C9H13NOS2.C8H12O3.C6H12O3.C6H14OS2/c1-5-11-6-8-12(9-7-11)10-14-13(2,3)4;1-8(2)11-7-12-13-9-5-3-4-6-10-9;1-7(2)11-6-4-5-8(9)10-3;1-5(2)9-4-6(7)8-3;1-6(2,3)7-5-9-8-4/h1,6-9H,10H2,2-4H3;3-6,8H,7H2,1-2H3;7H,6H2,1-3H3;5H,4H2,1-3H3;5H2,1-4H3. The van der Waals surface area contributed by atoms with Crippen molar-refractivity contribution in [2.45, 2.75) is 124 Å². The number of hydrogen-bond donors (Lipinski definition) is 0. The number of carbonyl (C=O) groups excluding carboxylic acids is 2. The smallest absolute Gasteiger partial charge is 0.384 e. The maximum Gasteiger partial charge on any atom is 0.384 e. The Bertz CT molecular complexity index is 1350. The summed E-state index contributed by atoms with van der Waals surface area (Å²) in [6, 6.07) is 13.8. The van der Waals surface area contributed by atoms with Gasteiger partial charge in [0.2, 0.25) is 0 Å². The Kier molecular flexibility index (Phi) is 38.2. The summed E-state index contributed by atoms with van der Waals surface area (Å²) in [6.07, 6.45) is 9.64. The van der Waals surface area contributed by atoms with Gasteiger partial charge in [0.1, 0.15) is 30.1 Å². The Balaban J connectivity index is -0.000000635. The van der Waals surface area contributed by atoms with Crippen LogP contribution in [0.25, 0.3) is 0 Å². The minimum atomic E-state index is -0.530. The quantitative estimate of drug-likeness (QED) is 0.0423. The van der Waals surface area contributed by atoms with Crippen LogP contribution in [0.2, 0.25) is 0 Å². The van der Waals surface area contributed by atoms with E-state index in [1.807, 2.05) is 105 Å². The average molecular weight is 858 g/mol. The van der Waals surface area contributed by atoms with Crippen molar-refractivity contribution in [2.75, 3.05) is 45.6 Å². The van der Waals surface area contributed by atoms with Crippen LogP contribution in [-0.2, 0) is 49.4 Å². The molecule has 1 aromatic heterocycles. The monoisotopic (exact) mass is 857 g/mol. The molecule has 56 heavy (non-hydrogen) atoms.